The normalized spacial score (nSPS) is 15.0. The van der Waals surface area contributed by atoms with Crippen molar-refractivity contribution in [2.75, 3.05) is 13.2 Å². The molecule has 0 saturated heterocycles. The summed E-state index contributed by atoms with van der Waals surface area (Å²) in [6.07, 6.45) is 4.74. The Morgan fingerprint density at radius 2 is 1.89 bits per heavy atom. The van der Waals surface area contributed by atoms with Gasteiger partial charge in [0.15, 0.2) is 0 Å². The highest BCUT2D eigenvalue weighted by Gasteiger charge is 2.33. The van der Waals surface area contributed by atoms with Crippen LogP contribution in [0, 0.1) is 0 Å². The Labute approximate surface area is 225 Å². The van der Waals surface area contributed by atoms with E-state index in [2.05, 4.69) is 5.16 Å². The third kappa shape index (κ3) is 5.84. The molecule has 37 heavy (non-hydrogen) atoms. The van der Waals surface area contributed by atoms with Crippen LogP contribution in [-0.4, -0.2) is 40.2 Å². The first-order chi connectivity index (χ1) is 17.9. The Morgan fingerprint density at radius 1 is 1.11 bits per heavy atom. The lowest BCUT2D eigenvalue weighted by molar-refractivity contribution is -0.132. The molecule has 1 aliphatic carbocycles. The minimum atomic E-state index is -0.930. The van der Waals surface area contributed by atoms with E-state index < -0.39 is 5.97 Å². The molecule has 1 aliphatic heterocycles. The van der Waals surface area contributed by atoms with Crippen LogP contribution in [0.2, 0.25) is 10.0 Å². The highest BCUT2D eigenvalue weighted by molar-refractivity contribution is 6.39. The van der Waals surface area contributed by atoms with Crippen molar-refractivity contribution in [3.8, 4) is 11.3 Å². The quantitative estimate of drug-likeness (QED) is 0.294. The van der Waals surface area contributed by atoms with Gasteiger partial charge >= 0.3 is 5.97 Å². The number of halogens is 2. The van der Waals surface area contributed by atoms with E-state index in [-0.39, 0.29) is 11.5 Å². The zero-order chi connectivity index (χ0) is 25.9. The predicted molar refractivity (Wildman–Crippen MR) is 140 cm³/mol. The molecule has 1 saturated carbocycles. The number of nitrogens with zero attached hydrogens (tertiary/aromatic N) is 2. The molecule has 2 aliphatic rings. The number of hydrogen-bond acceptors (Lipinski definition) is 5. The summed E-state index contributed by atoms with van der Waals surface area (Å²) in [6.45, 7) is 1.99. The highest BCUT2D eigenvalue weighted by atomic mass is 35.5. The molecule has 7 nitrogen and oxygen atoms in total. The van der Waals surface area contributed by atoms with Crippen LogP contribution < -0.4 is 0 Å². The fraction of sp³-hybridized carbons (Fsp3) is 0.393. The van der Waals surface area contributed by atoms with Crippen molar-refractivity contribution in [2.24, 2.45) is 0 Å². The maximum atomic E-state index is 12.7. The van der Waals surface area contributed by atoms with Gasteiger partial charge in [-0.15, -0.1) is 0 Å². The van der Waals surface area contributed by atoms with Crippen LogP contribution in [0.3, 0.4) is 0 Å². The number of carbonyl (C=O) groups excluding carboxylic acids is 1. The van der Waals surface area contributed by atoms with Crippen LogP contribution in [0.1, 0.15) is 70.8 Å². The summed E-state index contributed by atoms with van der Waals surface area (Å²) in [7, 11) is 0. The van der Waals surface area contributed by atoms with E-state index in [4.69, 9.17) is 32.5 Å². The number of carboxylic acid groups (broad SMARTS) is 1. The monoisotopic (exact) mass is 542 g/mol. The first-order valence-corrected chi connectivity index (χ1v) is 13.3. The maximum Gasteiger partial charge on any atom is 0.335 e. The highest BCUT2D eigenvalue weighted by Crippen LogP contribution is 2.46. The lowest BCUT2D eigenvalue weighted by Gasteiger charge is -2.29. The van der Waals surface area contributed by atoms with Crippen molar-refractivity contribution >= 4 is 35.1 Å². The summed E-state index contributed by atoms with van der Waals surface area (Å²) >= 11 is 12.8. The van der Waals surface area contributed by atoms with E-state index in [1.54, 1.807) is 30.3 Å². The molecule has 0 spiro atoms. The van der Waals surface area contributed by atoms with Crippen molar-refractivity contribution in [1.82, 2.24) is 10.1 Å². The van der Waals surface area contributed by atoms with Gasteiger partial charge in [0.2, 0.25) is 5.91 Å². The van der Waals surface area contributed by atoms with E-state index in [0.29, 0.717) is 66.4 Å². The molecule has 1 amide bonds. The van der Waals surface area contributed by atoms with E-state index in [1.807, 2.05) is 11.0 Å². The van der Waals surface area contributed by atoms with Crippen molar-refractivity contribution in [3.63, 3.8) is 0 Å². The molecule has 194 valence electrons. The Morgan fingerprint density at radius 3 is 2.62 bits per heavy atom. The largest absolute Gasteiger partial charge is 0.478 e. The number of benzene rings is 2. The van der Waals surface area contributed by atoms with Crippen LogP contribution in [0.4, 0.5) is 0 Å². The van der Waals surface area contributed by atoms with E-state index in [9.17, 15) is 14.7 Å². The fourth-order valence-electron chi connectivity index (χ4n) is 4.76. The first kappa shape index (κ1) is 25.8. The predicted octanol–water partition coefficient (Wildman–Crippen LogP) is 6.50. The van der Waals surface area contributed by atoms with Gasteiger partial charge in [0.1, 0.15) is 11.5 Å². The molecule has 9 heteroatoms. The Bertz CT molecular complexity index is 1300. The molecule has 2 aromatic carbocycles. The minimum Gasteiger partial charge on any atom is -0.478 e. The number of amides is 1. The lowest BCUT2D eigenvalue weighted by Crippen LogP contribution is -2.35. The van der Waals surface area contributed by atoms with Crippen LogP contribution >= 0.6 is 23.2 Å². The van der Waals surface area contributed by atoms with Gasteiger partial charge < -0.3 is 19.3 Å². The summed E-state index contributed by atoms with van der Waals surface area (Å²) in [4.78, 5) is 25.8. The number of aromatic carboxylic acids is 1. The number of ether oxygens (including phenoxy) is 1. The van der Waals surface area contributed by atoms with Crippen molar-refractivity contribution < 1.29 is 24.0 Å². The Balaban J connectivity index is 1.11. The average molecular weight is 543 g/mol. The summed E-state index contributed by atoms with van der Waals surface area (Å²) in [5.74, 6) is 0.394. The molecule has 3 aromatic rings. The molecule has 5 rings (SSSR count). The molecular weight excluding hydrogens is 515 g/mol. The number of carboxylic acids is 1. The van der Waals surface area contributed by atoms with Crippen molar-refractivity contribution in [3.05, 3.63) is 74.5 Å². The molecule has 1 fully saturated rings. The van der Waals surface area contributed by atoms with Crippen molar-refractivity contribution in [2.45, 2.75) is 57.6 Å². The van der Waals surface area contributed by atoms with E-state index >= 15 is 0 Å². The van der Waals surface area contributed by atoms with Gasteiger partial charge in [-0.3, -0.25) is 4.79 Å². The SMILES string of the molecule is O=C(O)c1ccc2c(c1)CCN(C(=O)CCCCOCc1c(-c3c(Cl)cccc3Cl)noc1C1CC1)C2. The standard InChI is InChI=1S/C28H28Cl2N2O5/c29-22-4-3-5-23(30)25(22)26-21(27(37-31-26)17-7-8-17)16-36-13-2-1-6-24(33)32-12-11-18-14-19(28(34)35)9-10-20(18)15-32/h3-5,9-10,14,17H,1-2,6-8,11-13,15-16H2,(H,34,35). The summed E-state index contributed by atoms with van der Waals surface area (Å²) < 4.78 is 11.7. The van der Waals surface area contributed by atoms with Gasteiger partial charge in [-0.2, -0.15) is 0 Å². The van der Waals surface area contributed by atoms with Crippen LogP contribution in [0.25, 0.3) is 11.3 Å². The molecule has 0 unspecified atom stereocenters. The minimum absolute atomic E-state index is 0.110. The second-order valence-electron chi connectivity index (χ2n) is 9.61. The zero-order valence-electron chi connectivity index (χ0n) is 20.3. The smallest absolute Gasteiger partial charge is 0.335 e. The Hall–Kier alpha value is -2.87. The third-order valence-electron chi connectivity index (χ3n) is 6.96. The molecule has 1 aromatic heterocycles. The van der Waals surface area contributed by atoms with Crippen LogP contribution in [0.15, 0.2) is 40.9 Å². The van der Waals surface area contributed by atoms with Gasteiger partial charge in [-0.05, 0) is 67.5 Å². The molecule has 0 radical (unpaired) electrons. The van der Waals surface area contributed by atoms with Crippen LogP contribution in [-0.2, 0) is 29.1 Å². The average Bonchev–Trinajstić information content (AvgIpc) is 3.65. The topological polar surface area (TPSA) is 92.9 Å². The summed E-state index contributed by atoms with van der Waals surface area (Å²) in [5, 5.41) is 14.5. The zero-order valence-corrected chi connectivity index (χ0v) is 21.9. The second-order valence-corrected chi connectivity index (χ2v) is 10.4. The number of carbonyl (C=O) groups is 2. The molecule has 2 heterocycles. The fourth-order valence-corrected chi connectivity index (χ4v) is 5.34. The maximum absolute atomic E-state index is 12.7. The molecule has 0 atom stereocenters. The van der Waals surface area contributed by atoms with Gasteiger partial charge in [0, 0.05) is 43.2 Å². The second kappa shape index (κ2) is 11.3. The lowest BCUT2D eigenvalue weighted by atomic mass is 9.97. The van der Waals surface area contributed by atoms with Gasteiger partial charge in [-0.1, -0.05) is 40.5 Å². The van der Waals surface area contributed by atoms with Gasteiger partial charge in [0.05, 0.1) is 22.2 Å². The molecule has 0 bridgehead atoms. The summed E-state index contributed by atoms with van der Waals surface area (Å²) in [5.41, 5.74) is 4.50. The van der Waals surface area contributed by atoms with Gasteiger partial charge in [0.25, 0.3) is 0 Å². The molecule has 1 N–H and O–H groups in total. The Kier molecular flexibility index (Phi) is 7.84. The number of aromatic nitrogens is 1. The first-order valence-electron chi connectivity index (χ1n) is 12.6. The van der Waals surface area contributed by atoms with Gasteiger partial charge in [-0.25, -0.2) is 4.79 Å². The number of fused-ring (bicyclic) bond motifs is 1. The number of rotatable bonds is 10. The van der Waals surface area contributed by atoms with E-state index in [0.717, 1.165) is 48.1 Å². The van der Waals surface area contributed by atoms with E-state index in [1.165, 1.54) is 0 Å². The molecular formula is C28H28Cl2N2O5. The summed E-state index contributed by atoms with van der Waals surface area (Å²) in [6, 6.07) is 10.5. The van der Waals surface area contributed by atoms with Crippen molar-refractivity contribution in [1.29, 1.82) is 0 Å². The number of hydrogen-bond donors (Lipinski definition) is 1. The third-order valence-corrected chi connectivity index (χ3v) is 7.59. The number of unbranched alkanes of at least 4 members (excludes halogenated alkanes) is 1. The van der Waals surface area contributed by atoms with Crippen LogP contribution in [0.5, 0.6) is 0 Å².